The number of anilines is 1. The lowest BCUT2D eigenvalue weighted by Gasteiger charge is -2.16. The van der Waals surface area contributed by atoms with E-state index in [1.807, 2.05) is 6.07 Å². The van der Waals surface area contributed by atoms with Crippen LogP contribution in [0.3, 0.4) is 0 Å². The monoisotopic (exact) mass is 486 g/mol. The molecule has 1 aromatic carbocycles. The molecular formula is C19H15BrClF3N4O. The van der Waals surface area contributed by atoms with Crippen molar-refractivity contribution in [1.82, 2.24) is 14.8 Å². The smallest absolute Gasteiger partial charge is 0.322 e. The van der Waals surface area contributed by atoms with Crippen molar-refractivity contribution >= 4 is 50.0 Å². The molecule has 3 aromatic rings. The molecule has 1 atom stereocenters. The molecule has 0 radical (unpaired) electrons. The van der Waals surface area contributed by atoms with Gasteiger partial charge in [0.15, 0.2) is 5.69 Å². The third-order valence-electron chi connectivity index (χ3n) is 4.84. The molecule has 1 N–H and O–H groups in total. The number of rotatable bonds is 4. The summed E-state index contributed by atoms with van der Waals surface area (Å²) in [5.74, 6) is -0.620. The molecule has 152 valence electrons. The van der Waals surface area contributed by atoms with Gasteiger partial charge in [0.2, 0.25) is 5.91 Å². The first-order valence-corrected chi connectivity index (χ1v) is 10.0. The lowest BCUT2D eigenvalue weighted by Crippen LogP contribution is -2.26. The molecule has 4 rings (SSSR count). The Kier molecular flexibility index (Phi) is 5.06. The topological polar surface area (TPSA) is 59.8 Å². The molecule has 2 aromatic heterocycles. The van der Waals surface area contributed by atoms with Gasteiger partial charge in [0.1, 0.15) is 6.04 Å². The summed E-state index contributed by atoms with van der Waals surface area (Å²) in [6, 6.07) is 6.09. The Bertz CT molecular complexity index is 1110. The number of nitrogens with one attached hydrogen (secondary N) is 1. The second-order valence-corrected chi connectivity index (χ2v) is 8.16. The van der Waals surface area contributed by atoms with E-state index in [9.17, 15) is 18.0 Å². The number of nitrogens with zero attached hydrogens (tertiary/aromatic N) is 3. The summed E-state index contributed by atoms with van der Waals surface area (Å²) in [5, 5.41) is 6.80. The second kappa shape index (κ2) is 7.28. The number of carbonyl (C=O) groups excluding carboxylic acids is 1. The Morgan fingerprint density at radius 3 is 2.72 bits per heavy atom. The third kappa shape index (κ3) is 3.73. The van der Waals surface area contributed by atoms with E-state index >= 15 is 0 Å². The lowest BCUT2D eigenvalue weighted by atomic mass is 10.2. The summed E-state index contributed by atoms with van der Waals surface area (Å²) >= 11 is 9.44. The van der Waals surface area contributed by atoms with Crippen LogP contribution in [0.5, 0.6) is 0 Å². The van der Waals surface area contributed by atoms with Crippen LogP contribution in [0.1, 0.15) is 43.1 Å². The van der Waals surface area contributed by atoms with Crippen LogP contribution in [0.25, 0.3) is 10.9 Å². The first-order valence-electron chi connectivity index (χ1n) is 8.87. The summed E-state index contributed by atoms with van der Waals surface area (Å²) in [6.07, 6.45) is -1.65. The fraction of sp³-hybridized carbons (Fsp3) is 0.316. The van der Waals surface area contributed by atoms with E-state index < -0.39 is 28.8 Å². The fourth-order valence-electron chi connectivity index (χ4n) is 3.21. The van der Waals surface area contributed by atoms with Gasteiger partial charge in [0, 0.05) is 22.0 Å². The average Bonchev–Trinajstić information content (AvgIpc) is 3.44. The normalized spacial score (nSPS) is 15.5. The highest BCUT2D eigenvalue weighted by Gasteiger charge is 2.43. The van der Waals surface area contributed by atoms with Crippen molar-refractivity contribution in [1.29, 1.82) is 0 Å². The van der Waals surface area contributed by atoms with Gasteiger partial charge in [-0.15, -0.1) is 0 Å². The molecule has 1 aliphatic rings. The quantitative estimate of drug-likeness (QED) is 0.495. The number of aromatic nitrogens is 3. The van der Waals surface area contributed by atoms with Crippen molar-refractivity contribution in [3.8, 4) is 0 Å². The molecule has 2 heterocycles. The zero-order valence-electron chi connectivity index (χ0n) is 15.1. The van der Waals surface area contributed by atoms with E-state index in [0.717, 1.165) is 27.4 Å². The Balaban J connectivity index is 1.68. The minimum atomic E-state index is -4.69. The predicted octanol–water partition coefficient (Wildman–Crippen LogP) is 5.94. The van der Waals surface area contributed by atoms with Crippen LogP contribution in [0.15, 0.2) is 34.9 Å². The third-order valence-corrected chi connectivity index (χ3v) is 5.90. The van der Waals surface area contributed by atoms with Crippen LogP contribution in [0.4, 0.5) is 18.9 Å². The minimum Gasteiger partial charge on any atom is -0.322 e. The highest BCUT2D eigenvalue weighted by Crippen LogP contribution is 2.47. The molecule has 29 heavy (non-hydrogen) atoms. The molecule has 0 saturated heterocycles. The van der Waals surface area contributed by atoms with Crippen molar-refractivity contribution in [2.24, 2.45) is 0 Å². The van der Waals surface area contributed by atoms with Gasteiger partial charge in [-0.25, -0.2) is 0 Å². The molecule has 1 aliphatic carbocycles. The molecule has 0 spiro atoms. The first kappa shape index (κ1) is 20.2. The van der Waals surface area contributed by atoms with Gasteiger partial charge in [0.25, 0.3) is 0 Å². The van der Waals surface area contributed by atoms with Gasteiger partial charge >= 0.3 is 6.18 Å². The van der Waals surface area contributed by atoms with Crippen LogP contribution >= 0.6 is 27.5 Å². The SMILES string of the molecule is CC(C(=O)Nc1ccc(Br)c2cccnc12)n1nc(C(F)(F)F)c(Cl)c1C1CC1. The zero-order valence-corrected chi connectivity index (χ0v) is 17.4. The molecule has 1 fully saturated rings. The number of carbonyl (C=O) groups is 1. The highest BCUT2D eigenvalue weighted by atomic mass is 79.9. The van der Waals surface area contributed by atoms with Gasteiger partial charge in [-0.2, -0.15) is 18.3 Å². The van der Waals surface area contributed by atoms with Crippen molar-refractivity contribution in [3.63, 3.8) is 0 Å². The number of alkyl halides is 3. The van der Waals surface area contributed by atoms with Gasteiger partial charge < -0.3 is 5.32 Å². The number of amides is 1. The van der Waals surface area contributed by atoms with E-state index in [0.29, 0.717) is 11.2 Å². The molecule has 1 saturated carbocycles. The lowest BCUT2D eigenvalue weighted by molar-refractivity contribution is -0.141. The minimum absolute atomic E-state index is 0.114. The zero-order chi connectivity index (χ0) is 20.9. The Morgan fingerprint density at radius 1 is 1.34 bits per heavy atom. The highest BCUT2D eigenvalue weighted by molar-refractivity contribution is 9.10. The summed E-state index contributed by atoms with van der Waals surface area (Å²) < 4.78 is 41.7. The molecule has 1 unspecified atom stereocenters. The summed E-state index contributed by atoms with van der Waals surface area (Å²) in [5.41, 5.74) is 0.138. The number of halogens is 5. The standard InChI is InChI=1S/C19H15BrClF3N4O/c1-9(28-16(10-4-5-10)14(21)17(27-28)19(22,23)24)18(29)26-13-7-6-12(20)11-3-2-8-25-15(11)13/h2-3,6-10H,4-5H2,1H3,(H,26,29). The van der Waals surface area contributed by atoms with Gasteiger partial charge in [0.05, 0.1) is 21.9 Å². The van der Waals surface area contributed by atoms with E-state index in [2.05, 4.69) is 31.3 Å². The van der Waals surface area contributed by atoms with E-state index in [-0.39, 0.29) is 11.6 Å². The van der Waals surface area contributed by atoms with E-state index in [4.69, 9.17) is 11.6 Å². The maximum Gasteiger partial charge on any atom is 0.436 e. The van der Waals surface area contributed by atoms with Gasteiger partial charge in [-0.05, 0) is 38.0 Å². The summed E-state index contributed by atoms with van der Waals surface area (Å²) in [4.78, 5) is 17.2. The Labute approximate surface area is 177 Å². The van der Waals surface area contributed by atoms with Crippen molar-refractivity contribution in [2.75, 3.05) is 5.32 Å². The average molecular weight is 488 g/mol. The molecular weight excluding hydrogens is 473 g/mol. The van der Waals surface area contributed by atoms with Gasteiger partial charge in [-0.3, -0.25) is 14.5 Å². The maximum absolute atomic E-state index is 13.3. The van der Waals surface area contributed by atoms with Crippen LogP contribution in [0, 0.1) is 0 Å². The predicted molar refractivity (Wildman–Crippen MR) is 107 cm³/mol. The maximum atomic E-state index is 13.3. The Morgan fingerprint density at radius 2 is 2.07 bits per heavy atom. The number of hydrogen-bond acceptors (Lipinski definition) is 3. The van der Waals surface area contributed by atoms with Crippen molar-refractivity contribution < 1.29 is 18.0 Å². The molecule has 5 nitrogen and oxygen atoms in total. The van der Waals surface area contributed by atoms with Crippen molar-refractivity contribution in [3.05, 3.63) is 51.3 Å². The van der Waals surface area contributed by atoms with Crippen molar-refractivity contribution in [2.45, 2.75) is 37.9 Å². The van der Waals surface area contributed by atoms with Crippen LogP contribution in [0.2, 0.25) is 5.02 Å². The first-order chi connectivity index (χ1) is 13.7. The summed E-state index contributed by atoms with van der Waals surface area (Å²) in [6.45, 7) is 1.50. The largest absolute Gasteiger partial charge is 0.436 e. The van der Waals surface area contributed by atoms with Crippen LogP contribution < -0.4 is 5.32 Å². The molecule has 0 bridgehead atoms. The second-order valence-electron chi connectivity index (χ2n) is 6.92. The van der Waals surface area contributed by atoms with E-state index in [1.54, 1.807) is 24.4 Å². The number of pyridine rings is 1. The number of fused-ring (bicyclic) bond motifs is 1. The van der Waals surface area contributed by atoms with Crippen LogP contribution in [-0.4, -0.2) is 20.7 Å². The fourth-order valence-corrected chi connectivity index (χ4v) is 4.05. The number of benzene rings is 1. The Hall–Kier alpha value is -2.13. The number of hydrogen-bond donors (Lipinski definition) is 1. The van der Waals surface area contributed by atoms with Gasteiger partial charge in [-0.1, -0.05) is 33.6 Å². The van der Waals surface area contributed by atoms with Crippen LogP contribution in [-0.2, 0) is 11.0 Å². The molecule has 1 amide bonds. The molecule has 10 heteroatoms. The van der Waals surface area contributed by atoms with E-state index in [1.165, 1.54) is 6.92 Å². The molecule has 0 aliphatic heterocycles. The summed E-state index contributed by atoms with van der Waals surface area (Å²) in [7, 11) is 0.